The topological polar surface area (TPSA) is 75.6 Å². The van der Waals surface area contributed by atoms with Gasteiger partial charge < -0.3 is 15.2 Å². The van der Waals surface area contributed by atoms with Crippen molar-refractivity contribution in [3.8, 4) is 5.75 Å². The molecule has 0 spiro atoms. The lowest BCUT2D eigenvalue weighted by molar-refractivity contribution is -0.141. The average Bonchev–Trinajstić information content (AvgIpc) is 2.41. The van der Waals surface area contributed by atoms with Crippen LogP contribution in [0.2, 0.25) is 5.02 Å². The SMILES string of the molecule is CC(CCNC(=O)C(C)Oc1ccc(Cl)cc1Br)C(=O)O. The van der Waals surface area contributed by atoms with Crippen molar-refractivity contribution in [3.63, 3.8) is 0 Å². The van der Waals surface area contributed by atoms with Crippen molar-refractivity contribution in [3.05, 3.63) is 27.7 Å². The molecule has 0 heterocycles. The molecule has 1 aromatic rings. The average molecular weight is 379 g/mol. The number of carbonyl (C=O) groups excluding carboxylic acids is 1. The normalized spacial score (nSPS) is 13.3. The Labute approximate surface area is 136 Å². The zero-order valence-electron chi connectivity index (χ0n) is 11.7. The molecule has 0 aliphatic rings. The molecule has 2 atom stereocenters. The number of hydrogen-bond donors (Lipinski definition) is 2. The van der Waals surface area contributed by atoms with Gasteiger partial charge >= 0.3 is 5.97 Å². The van der Waals surface area contributed by atoms with E-state index in [0.29, 0.717) is 28.2 Å². The number of benzene rings is 1. The Morgan fingerprint density at radius 3 is 2.67 bits per heavy atom. The highest BCUT2D eigenvalue weighted by atomic mass is 79.9. The molecule has 0 saturated heterocycles. The van der Waals surface area contributed by atoms with E-state index in [1.54, 1.807) is 32.0 Å². The lowest BCUT2D eigenvalue weighted by Crippen LogP contribution is -2.37. The van der Waals surface area contributed by atoms with Crippen LogP contribution in [0.3, 0.4) is 0 Å². The van der Waals surface area contributed by atoms with Crippen LogP contribution in [0.4, 0.5) is 0 Å². The summed E-state index contributed by atoms with van der Waals surface area (Å²) in [5, 5.41) is 12.0. The fourth-order valence-electron chi connectivity index (χ4n) is 1.49. The number of rotatable bonds is 7. The number of amides is 1. The molecule has 1 amide bonds. The molecule has 21 heavy (non-hydrogen) atoms. The summed E-state index contributed by atoms with van der Waals surface area (Å²) in [6, 6.07) is 5.01. The third-order valence-corrected chi connectivity index (χ3v) is 3.72. The van der Waals surface area contributed by atoms with Crippen molar-refractivity contribution in [1.82, 2.24) is 5.32 Å². The molecule has 2 unspecified atom stereocenters. The molecule has 1 rings (SSSR count). The molecule has 1 aromatic carbocycles. The van der Waals surface area contributed by atoms with Gasteiger partial charge in [-0.3, -0.25) is 9.59 Å². The van der Waals surface area contributed by atoms with Gasteiger partial charge in [-0.1, -0.05) is 18.5 Å². The number of hydrogen-bond acceptors (Lipinski definition) is 3. The van der Waals surface area contributed by atoms with Crippen LogP contribution in [0.25, 0.3) is 0 Å². The van der Waals surface area contributed by atoms with Gasteiger partial charge in [0.1, 0.15) is 5.75 Å². The molecule has 7 heteroatoms. The Bertz CT molecular complexity index is 524. The van der Waals surface area contributed by atoms with Crippen LogP contribution in [-0.2, 0) is 9.59 Å². The molecule has 0 saturated carbocycles. The Kier molecular flexibility index (Phi) is 6.98. The lowest BCUT2D eigenvalue weighted by Gasteiger charge is -2.16. The van der Waals surface area contributed by atoms with E-state index in [-0.39, 0.29) is 5.91 Å². The second-order valence-electron chi connectivity index (χ2n) is 4.65. The highest BCUT2D eigenvalue weighted by Crippen LogP contribution is 2.28. The second kappa shape index (κ2) is 8.24. The van der Waals surface area contributed by atoms with Crippen LogP contribution in [0.5, 0.6) is 5.75 Å². The van der Waals surface area contributed by atoms with Crippen LogP contribution in [0.1, 0.15) is 20.3 Å². The Morgan fingerprint density at radius 2 is 2.10 bits per heavy atom. The summed E-state index contributed by atoms with van der Waals surface area (Å²) in [6.07, 6.45) is -0.319. The first kappa shape index (κ1) is 17.8. The van der Waals surface area contributed by atoms with Crippen molar-refractivity contribution in [1.29, 1.82) is 0 Å². The van der Waals surface area contributed by atoms with Gasteiger partial charge in [0.25, 0.3) is 5.91 Å². The van der Waals surface area contributed by atoms with Crippen LogP contribution in [0, 0.1) is 5.92 Å². The fraction of sp³-hybridized carbons (Fsp3) is 0.429. The van der Waals surface area contributed by atoms with E-state index in [2.05, 4.69) is 21.2 Å². The summed E-state index contributed by atoms with van der Waals surface area (Å²) in [5.41, 5.74) is 0. The molecule has 5 nitrogen and oxygen atoms in total. The summed E-state index contributed by atoms with van der Waals surface area (Å²) in [7, 11) is 0. The maximum atomic E-state index is 11.9. The van der Waals surface area contributed by atoms with Gasteiger partial charge in [-0.05, 0) is 47.5 Å². The highest BCUT2D eigenvalue weighted by molar-refractivity contribution is 9.10. The van der Waals surface area contributed by atoms with E-state index >= 15 is 0 Å². The predicted octanol–water partition coefficient (Wildman–Crippen LogP) is 3.10. The van der Waals surface area contributed by atoms with Crippen molar-refractivity contribution in [2.24, 2.45) is 5.92 Å². The van der Waals surface area contributed by atoms with Gasteiger partial charge in [0.2, 0.25) is 0 Å². The number of carboxylic acids is 1. The number of nitrogens with one attached hydrogen (secondary N) is 1. The minimum absolute atomic E-state index is 0.293. The van der Waals surface area contributed by atoms with Crippen molar-refractivity contribution < 1.29 is 19.4 Å². The molecule has 116 valence electrons. The Hall–Kier alpha value is -1.27. The third-order valence-electron chi connectivity index (χ3n) is 2.87. The lowest BCUT2D eigenvalue weighted by atomic mass is 10.1. The summed E-state index contributed by atoms with van der Waals surface area (Å²) in [6.45, 7) is 3.51. The summed E-state index contributed by atoms with van der Waals surface area (Å²) in [5.74, 6) is -1.15. The number of carbonyl (C=O) groups is 2. The second-order valence-corrected chi connectivity index (χ2v) is 5.94. The van der Waals surface area contributed by atoms with Crippen molar-refractivity contribution >= 4 is 39.4 Å². The molecular weight excluding hydrogens is 362 g/mol. The van der Waals surface area contributed by atoms with Gasteiger partial charge in [-0.2, -0.15) is 0 Å². The first-order valence-electron chi connectivity index (χ1n) is 6.43. The number of ether oxygens (including phenoxy) is 1. The number of carboxylic acid groups (broad SMARTS) is 1. The maximum absolute atomic E-state index is 11.9. The van der Waals surface area contributed by atoms with E-state index in [1.807, 2.05) is 0 Å². The first-order valence-corrected chi connectivity index (χ1v) is 7.60. The van der Waals surface area contributed by atoms with Gasteiger partial charge in [0.15, 0.2) is 6.10 Å². The summed E-state index contributed by atoms with van der Waals surface area (Å²) in [4.78, 5) is 22.5. The van der Waals surface area contributed by atoms with Gasteiger partial charge in [-0.15, -0.1) is 0 Å². The van der Waals surface area contributed by atoms with E-state index in [0.717, 1.165) is 0 Å². The fourth-order valence-corrected chi connectivity index (χ4v) is 2.27. The van der Waals surface area contributed by atoms with Crippen LogP contribution in [-0.4, -0.2) is 29.6 Å². The minimum atomic E-state index is -0.876. The first-order chi connectivity index (χ1) is 9.81. The van der Waals surface area contributed by atoms with E-state index in [4.69, 9.17) is 21.4 Å². The Balaban J connectivity index is 2.46. The van der Waals surface area contributed by atoms with Crippen molar-refractivity contribution in [2.75, 3.05) is 6.54 Å². The van der Waals surface area contributed by atoms with E-state index in [1.165, 1.54) is 0 Å². The van der Waals surface area contributed by atoms with Crippen LogP contribution < -0.4 is 10.1 Å². The molecular formula is C14H17BrClNO4. The van der Waals surface area contributed by atoms with Crippen LogP contribution in [0.15, 0.2) is 22.7 Å². The van der Waals surface area contributed by atoms with Gasteiger partial charge in [0, 0.05) is 11.6 Å². The zero-order chi connectivity index (χ0) is 16.0. The molecule has 0 radical (unpaired) electrons. The highest BCUT2D eigenvalue weighted by Gasteiger charge is 2.17. The summed E-state index contributed by atoms with van der Waals surface area (Å²) >= 11 is 9.13. The summed E-state index contributed by atoms with van der Waals surface area (Å²) < 4.78 is 6.19. The Morgan fingerprint density at radius 1 is 1.43 bits per heavy atom. The van der Waals surface area contributed by atoms with E-state index < -0.39 is 18.0 Å². The van der Waals surface area contributed by atoms with Crippen molar-refractivity contribution in [2.45, 2.75) is 26.4 Å². The van der Waals surface area contributed by atoms with Gasteiger partial charge in [-0.25, -0.2) is 0 Å². The largest absolute Gasteiger partial charge is 0.481 e. The minimum Gasteiger partial charge on any atom is -0.481 e. The van der Waals surface area contributed by atoms with Crippen LogP contribution >= 0.6 is 27.5 Å². The molecule has 0 aromatic heterocycles. The molecule has 0 aliphatic heterocycles. The smallest absolute Gasteiger partial charge is 0.306 e. The standard InChI is InChI=1S/C14H17BrClNO4/c1-8(14(19)20)5-6-17-13(18)9(2)21-12-4-3-10(16)7-11(12)15/h3-4,7-9H,5-6H2,1-2H3,(H,17,18)(H,19,20). The predicted molar refractivity (Wildman–Crippen MR) is 83.7 cm³/mol. The van der Waals surface area contributed by atoms with Gasteiger partial charge in [0.05, 0.1) is 10.4 Å². The quantitative estimate of drug-likeness (QED) is 0.764. The number of aliphatic carboxylic acids is 1. The monoisotopic (exact) mass is 377 g/mol. The molecule has 0 aliphatic carbocycles. The van der Waals surface area contributed by atoms with E-state index in [9.17, 15) is 9.59 Å². The molecule has 2 N–H and O–H groups in total. The third kappa shape index (κ3) is 5.93. The zero-order valence-corrected chi connectivity index (χ0v) is 14.1. The number of halogens is 2. The molecule has 0 fully saturated rings. The molecule has 0 bridgehead atoms. The maximum Gasteiger partial charge on any atom is 0.306 e.